The van der Waals surface area contributed by atoms with Crippen molar-refractivity contribution >= 4 is 23.7 Å². The number of nitrogens with one attached hydrogen (secondary N) is 1. The predicted molar refractivity (Wildman–Crippen MR) is 72.4 cm³/mol. The number of hydrogen-bond donors (Lipinski definition) is 2. The van der Waals surface area contributed by atoms with Crippen molar-refractivity contribution in [3.8, 4) is 0 Å². The van der Waals surface area contributed by atoms with E-state index in [0.29, 0.717) is 5.95 Å². The molecule has 0 amide bonds. The van der Waals surface area contributed by atoms with Crippen LogP contribution >= 0.6 is 11.8 Å². The first-order chi connectivity index (χ1) is 9.49. The topological polar surface area (TPSA) is 80.0 Å². The molecule has 0 saturated heterocycles. The van der Waals surface area contributed by atoms with Crippen molar-refractivity contribution in [2.45, 2.75) is 10.1 Å². The molecule has 1 heterocycles. The summed E-state index contributed by atoms with van der Waals surface area (Å²) < 4.78 is 26.7. The van der Waals surface area contributed by atoms with Gasteiger partial charge in [-0.2, -0.15) is 15.0 Å². The van der Waals surface area contributed by atoms with Crippen LogP contribution in [0.5, 0.6) is 0 Å². The molecule has 9 heteroatoms. The maximum atomic E-state index is 13.6. The molecule has 0 aliphatic heterocycles. The van der Waals surface area contributed by atoms with Crippen molar-refractivity contribution in [1.82, 2.24) is 15.0 Å². The molecule has 0 radical (unpaired) electrons. The van der Waals surface area contributed by atoms with Gasteiger partial charge in [0.25, 0.3) is 0 Å². The Bertz CT molecular complexity index is 622. The van der Waals surface area contributed by atoms with E-state index < -0.39 is 11.6 Å². The normalized spacial score (nSPS) is 10.4. The Kier molecular flexibility index (Phi) is 4.30. The van der Waals surface area contributed by atoms with E-state index in [0.717, 1.165) is 30.0 Å². The monoisotopic (exact) mass is 298 g/mol. The lowest BCUT2D eigenvalue weighted by molar-refractivity contribution is 0.577. The van der Waals surface area contributed by atoms with Gasteiger partial charge in [-0.1, -0.05) is 0 Å². The van der Waals surface area contributed by atoms with Gasteiger partial charge in [0.1, 0.15) is 11.6 Å². The second-order valence-corrected chi connectivity index (χ2v) is 4.97. The van der Waals surface area contributed by atoms with E-state index in [1.54, 1.807) is 19.0 Å². The standard InChI is InChI=1S/C11H12F2N6S/c1-19(2)10-15-9(18-14)16-11(17-10)20-8-5-6(12)3-4-7(8)13/h3-5H,14H2,1-2H3,(H,15,16,17,18). The predicted octanol–water partition coefficient (Wildman–Crippen LogP) is 1.65. The molecule has 0 unspecified atom stereocenters. The molecular weight excluding hydrogens is 286 g/mol. The molecule has 106 valence electrons. The van der Waals surface area contributed by atoms with E-state index in [9.17, 15) is 8.78 Å². The molecule has 0 fully saturated rings. The number of anilines is 2. The van der Waals surface area contributed by atoms with Gasteiger partial charge in [-0.3, -0.25) is 5.43 Å². The van der Waals surface area contributed by atoms with Crippen molar-refractivity contribution in [2.24, 2.45) is 5.84 Å². The Morgan fingerprint density at radius 1 is 1.20 bits per heavy atom. The summed E-state index contributed by atoms with van der Waals surface area (Å²) in [7, 11) is 3.49. The zero-order valence-electron chi connectivity index (χ0n) is 10.8. The first-order valence-corrected chi connectivity index (χ1v) is 6.34. The number of hydrazine groups is 1. The third-order valence-corrected chi connectivity index (χ3v) is 3.12. The number of aromatic nitrogens is 3. The first kappa shape index (κ1) is 14.4. The van der Waals surface area contributed by atoms with Gasteiger partial charge in [0.15, 0.2) is 5.16 Å². The Morgan fingerprint density at radius 2 is 1.95 bits per heavy atom. The Balaban J connectivity index is 2.37. The number of nitrogens with two attached hydrogens (primary N) is 1. The number of nitrogens with zero attached hydrogens (tertiary/aromatic N) is 4. The van der Waals surface area contributed by atoms with Crippen LogP contribution in [0.15, 0.2) is 28.3 Å². The van der Waals surface area contributed by atoms with Crippen molar-refractivity contribution < 1.29 is 8.78 Å². The average Bonchev–Trinajstić information content (AvgIpc) is 2.42. The number of hydrogen-bond acceptors (Lipinski definition) is 7. The summed E-state index contributed by atoms with van der Waals surface area (Å²) in [6, 6.07) is 3.17. The summed E-state index contributed by atoms with van der Waals surface area (Å²) >= 11 is 0.890. The van der Waals surface area contributed by atoms with E-state index in [2.05, 4.69) is 20.4 Å². The molecule has 0 spiro atoms. The van der Waals surface area contributed by atoms with Gasteiger partial charge in [0.2, 0.25) is 11.9 Å². The van der Waals surface area contributed by atoms with Crippen LogP contribution in [0.4, 0.5) is 20.7 Å². The SMILES string of the molecule is CN(C)c1nc(NN)nc(Sc2cc(F)ccc2F)n1. The first-order valence-electron chi connectivity index (χ1n) is 5.52. The number of nitrogen functional groups attached to an aromatic ring is 1. The van der Waals surface area contributed by atoms with Crippen molar-refractivity contribution in [3.63, 3.8) is 0 Å². The minimum Gasteiger partial charge on any atom is -0.347 e. The molecule has 1 aromatic carbocycles. The lowest BCUT2D eigenvalue weighted by atomic mass is 10.3. The van der Waals surface area contributed by atoms with Crippen LogP contribution in [0.2, 0.25) is 0 Å². The number of benzene rings is 1. The van der Waals surface area contributed by atoms with E-state index in [1.807, 2.05) is 0 Å². The van der Waals surface area contributed by atoms with Gasteiger partial charge in [-0.25, -0.2) is 14.6 Å². The molecule has 0 aliphatic carbocycles. The van der Waals surface area contributed by atoms with E-state index in [4.69, 9.17) is 5.84 Å². The molecule has 20 heavy (non-hydrogen) atoms. The second-order valence-electron chi connectivity index (χ2n) is 3.96. The summed E-state index contributed by atoms with van der Waals surface area (Å²) in [5.74, 6) is 4.68. The zero-order valence-corrected chi connectivity index (χ0v) is 11.6. The van der Waals surface area contributed by atoms with Gasteiger partial charge in [-0.15, -0.1) is 0 Å². The van der Waals surface area contributed by atoms with E-state index in [1.165, 1.54) is 0 Å². The lowest BCUT2D eigenvalue weighted by Crippen LogP contribution is -2.17. The maximum absolute atomic E-state index is 13.6. The van der Waals surface area contributed by atoms with Crippen LogP contribution in [0.3, 0.4) is 0 Å². The van der Waals surface area contributed by atoms with Crippen molar-refractivity contribution in [2.75, 3.05) is 24.4 Å². The zero-order chi connectivity index (χ0) is 14.7. The van der Waals surface area contributed by atoms with Crippen LogP contribution in [0.25, 0.3) is 0 Å². The smallest absolute Gasteiger partial charge is 0.242 e. The van der Waals surface area contributed by atoms with Crippen LogP contribution < -0.4 is 16.2 Å². The largest absolute Gasteiger partial charge is 0.347 e. The molecule has 0 saturated carbocycles. The Hall–Kier alpha value is -2.00. The average molecular weight is 298 g/mol. The number of halogens is 2. The quantitative estimate of drug-likeness (QED) is 0.656. The second kappa shape index (κ2) is 5.97. The Morgan fingerprint density at radius 3 is 2.60 bits per heavy atom. The molecule has 0 atom stereocenters. The third-order valence-electron chi connectivity index (χ3n) is 2.23. The summed E-state index contributed by atoms with van der Waals surface area (Å²) in [6.45, 7) is 0. The van der Waals surface area contributed by atoms with Crippen molar-refractivity contribution in [3.05, 3.63) is 29.8 Å². The van der Waals surface area contributed by atoms with Gasteiger partial charge in [0.05, 0.1) is 4.90 Å². The summed E-state index contributed by atoms with van der Waals surface area (Å²) in [6.07, 6.45) is 0. The molecule has 1 aromatic heterocycles. The van der Waals surface area contributed by atoms with E-state index >= 15 is 0 Å². The molecule has 0 bridgehead atoms. The van der Waals surface area contributed by atoms with E-state index in [-0.39, 0.29) is 16.0 Å². The summed E-state index contributed by atoms with van der Waals surface area (Å²) in [5, 5.41) is 0.209. The highest BCUT2D eigenvalue weighted by atomic mass is 32.2. The molecule has 2 aromatic rings. The van der Waals surface area contributed by atoms with Gasteiger partial charge in [-0.05, 0) is 30.0 Å². The highest BCUT2D eigenvalue weighted by molar-refractivity contribution is 7.99. The van der Waals surface area contributed by atoms with Crippen LogP contribution in [0.1, 0.15) is 0 Å². The van der Waals surface area contributed by atoms with Crippen LogP contribution in [0, 0.1) is 11.6 Å². The van der Waals surface area contributed by atoms with Crippen molar-refractivity contribution in [1.29, 1.82) is 0 Å². The fraction of sp³-hybridized carbons (Fsp3) is 0.182. The number of rotatable bonds is 4. The molecule has 0 aliphatic rings. The fourth-order valence-corrected chi connectivity index (χ4v) is 2.10. The minimum atomic E-state index is -0.550. The molecule has 2 rings (SSSR count). The lowest BCUT2D eigenvalue weighted by Gasteiger charge is -2.12. The Labute approximate surface area is 118 Å². The molecule has 3 N–H and O–H groups in total. The highest BCUT2D eigenvalue weighted by Crippen LogP contribution is 2.29. The van der Waals surface area contributed by atoms with Crippen LogP contribution in [-0.2, 0) is 0 Å². The highest BCUT2D eigenvalue weighted by Gasteiger charge is 2.12. The minimum absolute atomic E-state index is 0.0869. The molecule has 6 nitrogen and oxygen atoms in total. The van der Waals surface area contributed by atoms with Gasteiger partial charge in [0, 0.05) is 14.1 Å². The maximum Gasteiger partial charge on any atom is 0.242 e. The van der Waals surface area contributed by atoms with Gasteiger partial charge < -0.3 is 4.90 Å². The summed E-state index contributed by atoms with van der Waals surface area (Å²) in [5.41, 5.74) is 2.30. The third kappa shape index (κ3) is 3.31. The molecular formula is C11H12F2N6S. The van der Waals surface area contributed by atoms with Gasteiger partial charge >= 0.3 is 0 Å². The fourth-order valence-electron chi connectivity index (χ4n) is 1.31. The van der Waals surface area contributed by atoms with Crippen LogP contribution in [-0.4, -0.2) is 29.0 Å². The summed E-state index contributed by atoms with van der Waals surface area (Å²) in [4.78, 5) is 13.9.